The van der Waals surface area contributed by atoms with Gasteiger partial charge in [0, 0.05) is 29.9 Å². The maximum absolute atomic E-state index is 12.5. The predicted molar refractivity (Wildman–Crippen MR) is 90.6 cm³/mol. The number of anilines is 2. The van der Waals surface area contributed by atoms with Crippen molar-refractivity contribution in [2.45, 2.75) is 50.5 Å². The molecule has 2 heterocycles. The number of H-pyrrole nitrogens is 1. The monoisotopic (exact) mass is 326 g/mol. The Bertz CT molecular complexity index is 688. The van der Waals surface area contributed by atoms with Crippen LogP contribution in [0.4, 0.5) is 11.8 Å². The van der Waals surface area contributed by atoms with Crippen LogP contribution in [-0.2, 0) is 4.79 Å². The molecule has 0 aromatic carbocycles. The van der Waals surface area contributed by atoms with E-state index in [-0.39, 0.29) is 11.8 Å². The van der Waals surface area contributed by atoms with Crippen molar-refractivity contribution >= 4 is 17.7 Å². The molecule has 0 atom stereocenters. The molecule has 2 aliphatic rings. The molecule has 0 bridgehead atoms. The molecule has 2 aromatic heterocycles. The zero-order chi connectivity index (χ0) is 16.4. The lowest BCUT2D eigenvalue weighted by Crippen LogP contribution is -2.32. The molecule has 2 aliphatic carbocycles. The third-order valence-electron chi connectivity index (χ3n) is 4.93. The summed E-state index contributed by atoms with van der Waals surface area (Å²) in [5.74, 6) is 2.20. The highest BCUT2D eigenvalue weighted by Gasteiger charge is 2.30. The van der Waals surface area contributed by atoms with Gasteiger partial charge in [0.05, 0.1) is 6.20 Å². The number of nitrogens with one attached hydrogen (secondary N) is 3. The first kappa shape index (κ1) is 15.1. The molecule has 2 aromatic rings. The molecule has 2 fully saturated rings. The zero-order valence-electron chi connectivity index (χ0n) is 13.5. The average molecular weight is 326 g/mol. The number of aromatic nitrogens is 4. The Hall–Kier alpha value is -2.44. The zero-order valence-corrected chi connectivity index (χ0v) is 13.5. The van der Waals surface area contributed by atoms with Gasteiger partial charge < -0.3 is 10.6 Å². The number of amides is 1. The number of nitrogens with zero attached hydrogens (tertiary/aromatic N) is 3. The number of rotatable bonds is 5. The highest BCUT2D eigenvalue weighted by atomic mass is 16.2. The van der Waals surface area contributed by atoms with Crippen LogP contribution in [0, 0.1) is 5.92 Å². The van der Waals surface area contributed by atoms with Crippen molar-refractivity contribution in [3.8, 4) is 0 Å². The first-order valence-electron chi connectivity index (χ1n) is 8.67. The Morgan fingerprint density at radius 3 is 2.54 bits per heavy atom. The first-order chi connectivity index (χ1) is 11.8. The van der Waals surface area contributed by atoms with E-state index in [0.29, 0.717) is 17.9 Å². The minimum absolute atomic E-state index is 0.0649. The quantitative estimate of drug-likeness (QED) is 0.785. The molecule has 1 amide bonds. The number of carbonyl (C=O) groups is 1. The molecule has 126 valence electrons. The van der Waals surface area contributed by atoms with Gasteiger partial charge in [-0.15, -0.1) is 0 Å². The lowest BCUT2D eigenvalue weighted by Gasteiger charge is -2.28. The molecule has 3 N–H and O–H groups in total. The van der Waals surface area contributed by atoms with Gasteiger partial charge in [-0.1, -0.05) is 0 Å². The van der Waals surface area contributed by atoms with Crippen LogP contribution in [0.3, 0.4) is 0 Å². The fourth-order valence-corrected chi connectivity index (χ4v) is 3.38. The van der Waals surface area contributed by atoms with Crippen LogP contribution < -0.4 is 10.6 Å². The van der Waals surface area contributed by atoms with Crippen molar-refractivity contribution in [1.29, 1.82) is 0 Å². The Morgan fingerprint density at radius 2 is 1.83 bits per heavy atom. The van der Waals surface area contributed by atoms with Crippen LogP contribution in [0.1, 0.15) is 50.0 Å². The molecule has 4 rings (SSSR count). The van der Waals surface area contributed by atoms with Crippen molar-refractivity contribution in [3.63, 3.8) is 0 Å². The molecule has 7 heteroatoms. The third-order valence-corrected chi connectivity index (χ3v) is 4.93. The van der Waals surface area contributed by atoms with Gasteiger partial charge in [0.15, 0.2) is 0 Å². The minimum Gasteiger partial charge on any atom is -0.351 e. The standard InChI is InChI=1S/C17H22N6O/c24-16(22-15-14(10-20-23-15)11-2-3-11)12-4-6-13(7-5-12)21-17-18-8-1-9-19-17/h1,8-13H,2-7H2,(H,18,19,21)(H2,20,22,23,24). The summed E-state index contributed by atoms with van der Waals surface area (Å²) < 4.78 is 0. The number of hydrogen-bond donors (Lipinski definition) is 3. The van der Waals surface area contributed by atoms with Gasteiger partial charge in [0.2, 0.25) is 11.9 Å². The Kier molecular flexibility index (Phi) is 4.15. The van der Waals surface area contributed by atoms with E-state index < -0.39 is 0 Å². The van der Waals surface area contributed by atoms with Crippen molar-refractivity contribution in [1.82, 2.24) is 20.2 Å². The van der Waals surface area contributed by atoms with Crippen molar-refractivity contribution in [3.05, 3.63) is 30.2 Å². The van der Waals surface area contributed by atoms with E-state index in [4.69, 9.17) is 0 Å². The van der Waals surface area contributed by atoms with Crippen LogP contribution in [-0.4, -0.2) is 32.1 Å². The Morgan fingerprint density at radius 1 is 1.08 bits per heavy atom. The number of carbonyl (C=O) groups excluding carboxylic acids is 1. The van der Waals surface area contributed by atoms with E-state index in [0.717, 1.165) is 37.1 Å². The fraction of sp³-hybridized carbons (Fsp3) is 0.529. The Labute approximate surface area is 140 Å². The van der Waals surface area contributed by atoms with Crippen LogP contribution in [0.25, 0.3) is 0 Å². The summed E-state index contributed by atoms with van der Waals surface area (Å²) in [6.07, 6.45) is 11.4. The lowest BCUT2D eigenvalue weighted by molar-refractivity contribution is -0.120. The molecule has 0 spiro atoms. The second-order valence-electron chi connectivity index (χ2n) is 6.73. The summed E-state index contributed by atoms with van der Waals surface area (Å²) in [5, 5.41) is 13.4. The van der Waals surface area contributed by atoms with Gasteiger partial charge in [0.1, 0.15) is 5.82 Å². The average Bonchev–Trinajstić information content (AvgIpc) is 3.36. The van der Waals surface area contributed by atoms with Gasteiger partial charge >= 0.3 is 0 Å². The summed E-state index contributed by atoms with van der Waals surface area (Å²) in [6.45, 7) is 0. The first-order valence-corrected chi connectivity index (χ1v) is 8.67. The van der Waals surface area contributed by atoms with E-state index in [1.807, 2.05) is 6.20 Å². The maximum atomic E-state index is 12.5. The van der Waals surface area contributed by atoms with Crippen molar-refractivity contribution < 1.29 is 4.79 Å². The Balaban J connectivity index is 1.29. The van der Waals surface area contributed by atoms with Gasteiger partial charge in [-0.3, -0.25) is 9.89 Å². The second-order valence-corrected chi connectivity index (χ2v) is 6.73. The van der Waals surface area contributed by atoms with Crippen molar-refractivity contribution in [2.24, 2.45) is 5.92 Å². The van der Waals surface area contributed by atoms with Gasteiger partial charge in [0.25, 0.3) is 0 Å². The minimum atomic E-state index is 0.0649. The van der Waals surface area contributed by atoms with Crippen LogP contribution in [0.5, 0.6) is 0 Å². The molecule has 0 unspecified atom stereocenters. The van der Waals surface area contributed by atoms with Crippen molar-refractivity contribution in [2.75, 3.05) is 10.6 Å². The third kappa shape index (κ3) is 3.39. The smallest absolute Gasteiger partial charge is 0.228 e. The second kappa shape index (κ2) is 6.59. The summed E-state index contributed by atoms with van der Waals surface area (Å²) in [7, 11) is 0. The SMILES string of the molecule is O=C(Nc1[nH]ncc1C1CC1)C1CCC(Nc2ncccn2)CC1. The summed E-state index contributed by atoms with van der Waals surface area (Å²) in [4.78, 5) is 20.9. The molecule has 0 aliphatic heterocycles. The predicted octanol–water partition coefficient (Wildman–Crippen LogP) is 2.69. The van der Waals surface area contributed by atoms with E-state index >= 15 is 0 Å². The lowest BCUT2D eigenvalue weighted by atomic mass is 9.85. The maximum Gasteiger partial charge on any atom is 0.228 e. The fourth-order valence-electron chi connectivity index (χ4n) is 3.38. The summed E-state index contributed by atoms with van der Waals surface area (Å²) >= 11 is 0. The largest absolute Gasteiger partial charge is 0.351 e. The molecule has 0 saturated heterocycles. The van der Waals surface area contributed by atoms with Crippen LogP contribution in [0.15, 0.2) is 24.7 Å². The molecular weight excluding hydrogens is 304 g/mol. The normalized spacial score (nSPS) is 23.7. The van der Waals surface area contributed by atoms with E-state index in [2.05, 4.69) is 30.8 Å². The van der Waals surface area contributed by atoms with Crippen LogP contribution in [0.2, 0.25) is 0 Å². The highest BCUT2D eigenvalue weighted by molar-refractivity contribution is 5.92. The number of hydrogen-bond acceptors (Lipinski definition) is 5. The molecule has 7 nitrogen and oxygen atoms in total. The molecule has 2 saturated carbocycles. The molecule has 24 heavy (non-hydrogen) atoms. The topological polar surface area (TPSA) is 95.6 Å². The number of aromatic amines is 1. The van der Waals surface area contributed by atoms with Gasteiger partial charge in [-0.2, -0.15) is 5.10 Å². The van der Waals surface area contributed by atoms with Gasteiger partial charge in [-0.25, -0.2) is 9.97 Å². The molecular formula is C17H22N6O. The van der Waals surface area contributed by atoms with Gasteiger partial charge in [-0.05, 0) is 50.5 Å². The highest BCUT2D eigenvalue weighted by Crippen LogP contribution is 2.42. The summed E-state index contributed by atoms with van der Waals surface area (Å²) in [5.41, 5.74) is 1.15. The summed E-state index contributed by atoms with van der Waals surface area (Å²) in [6, 6.07) is 2.14. The van der Waals surface area contributed by atoms with E-state index in [9.17, 15) is 4.79 Å². The molecule has 0 radical (unpaired) electrons. The van der Waals surface area contributed by atoms with E-state index in [1.54, 1.807) is 18.5 Å². The van der Waals surface area contributed by atoms with Crippen LogP contribution >= 0.6 is 0 Å². The van der Waals surface area contributed by atoms with E-state index in [1.165, 1.54) is 12.8 Å².